The highest BCUT2D eigenvalue weighted by atomic mass is 19.2. The van der Waals surface area contributed by atoms with E-state index in [0.29, 0.717) is 35.3 Å². The van der Waals surface area contributed by atoms with E-state index in [-0.39, 0.29) is 10.9 Å². The van der Waals surface area contributed by atoms with Crippen LogP contribution in [0.2, 0.25) is 0 Å². The summed E-state index contributed by atoms with van der Waals surface area (Å²) in [5.74, 6) is -2.15. The maximum absolute atomic E-state index is 15.1. The maximum Gasteiger partial charge on any atom is 0.169 e. The van der Waals surface area contributed by atoms with Gasteiger partial charge in [-0.3, -0.25) is 0 Å². The van der Waals surface area contributed by atoms with Crippen LogP contribution < -0.4 is 4.74 Å². The van der Waals surface area contributed by atoms with Crippen molar-refractivity contribution in [2.75, 3.05) is 6.61 Å². The van der Waals surface area contributed by atoms with Gasteiger partial charge in [0.05, 0.1) is 5.39 Å². The molecule has 0 saturated heterocycles. The molecule has 0 aliphatic rings. The van der Waals surface area contributed by atoms with Gasteiger partial charge in [0.1, 0.15) is 18.2 Å². The number of rotatable bonds is 8. The Balaban J connectivity index is 1.95. The molecule has 0 saturated carbocycles. The smallest absolute Gasteiger partial charge is 0.169 e. The third-order valence-corrected chi connectivity index (χ3v) is 4.99. The lowest BCUT2D eigenvalue weighted by molar-refractivity contribution is 0.363. The lowest BCUT2D eigenvalue weighted by Crippen LogP contribution is -1.99. The fourth-order valence-corrected chi connectivity index (χ4v) is 3.38. The highest BCUT2D eigenvalue weighted by Crippen LogP contribution is 2.33. The van der Waals surface area contributed by atoms with E-state index in [2.05, 4.69) is 6.92 Å². The summed E-state index contributed by atoms with van der Waals surface area (Å²) in [5, 5.41) is 0.0793. The highest BCUT2D eigenvalue weighted by Gasteiger charge is 2.19. The van der Waals surface area contributed by atoms with Gasteiger partial charge in [0.15, 0.2) is 11.6 Å². The minimum Gasteiger partial charge on any atom is -0.490 e. The molecule has 1 nitrogen and oxygen atoms in total. The maximum atomic E-state index is 15.1. The Bertz CT molecular complexity index is 1010. The minimum absolute atomic E-state index is 0.231. The van der Waals surface area contributed by atoms with Crippen molar-refractivity contribution >= 4 is 10.8 Å². The molecule has 0 bridgehead atoms. The van der Waals surface area contributed by atoms with Gasteiger partial charge in [-0.2, -0.15) is 0 Å². The average Bonchev–Trinajstić information content (AvgIpc) is 2.72. The molecular formula is C25H25F3O. The Hall–Kier alpha value is -2.75. The predicted molar refractivity (Wildman–Crippen MR) is 113 cm³/mol. The van der Waals surface area contributed by atoms with Gasteiger partial charge in [-0.25, -0.2) is 13.2 Å². The standard InChI is InChI=1S/C25H25F3O/c1-3-5-7-8-19-16-18-11-14-21(24(27)22(18)25(28)23(19)26)17-9-12-20(13-10-17)29-15-6-4-2/h4,6,9-14,16H,3,5,7-8,15H2,1-2H3. The van der Waals surface area contributed by atoms with Gasteiger partial charge in [0.2, 0.25) is 0 Å². The Kier molecular flexibility index (Phi) is 6.97. The van der Waals surface area contributed by atoms with E-state index in [1.54, 1.807) is 42.5 Å². The Morgan fingerprint density at radius 2 is 1.66 bits per heavy atom. The molecule has 4 heteroatoms. The average molecular weight is 398 g/mol. The molecule has 3 aromatic carbocycles. The van der Waals surface area contributed by atoms with Crippen molar-refractivity contribution in [3.63, 3.8) is 0 Å². The molecule has 0 aromatic heterocycles. The highest BCUT2D eigenvalue weighted by molar-refractivity contribution is 5.89. The number of aryl methyl sites for hydroxylation is 1. The number of fused-ring (bicyclic) bond motifs is 1. The van der Waals surface area contributed by atoms with Gasteiger partial charge in [0, 0.05) is 5.56 Å². The van der Waals surface area contributed by atoms with Crippen molar-refractivity contribution in [3.05, 3.63) is 77.6 Å². The van der Waals surface area contributed by atoms with Crippen LogP contribution in [0, 0.1) is 17.5 Å². The van der Waals surface area contributed by atoms with Gasteiger partial charge in [0.25, 0.3) is 0 Å². The number of benzene rings is 3. The molecule has 0 N–H and O–H groups in total. The van der Waals surface area contributed by atoms with Crippen molar-refractivity contribution in [2.45, 2.75) is 39.5 Å². The number of allylic oxidation sites excluding steroid dienone is 1. The van der Waals surface area contributed by atoms with E-state index < -0.39 is 17.5 Å². The predicted octanol–water partition coefficient (Wildman–Crippen LogP) is 7.61. The minimum atomic E-state index is -1.11. The first-order chi connectivity index (χ1) is 14.1. The molecule has 0 unspecified atom stereocenters. The first-order valence-corrected chi connectivity index (χ1v) is 10.00. The first kappa shape index (κ1) is 21.0. The summed E-state index contributed by atoms with van der Waals surface area (Å²) in [5.41, 5.74) is 1.11. The van der Waals surface area contributed by atoms with Crippen LogP contribution in [0.1, 0.15) is 38.7 Å². The van der Waals surface area contributed by atoms with Crippen LogP contribution in [-0.2, 0) is 6.42 Å². The summed E-state index contributed by atoms with van der Waals surface area (Å²) in [4.78, 5) is 0. The zero-order valence-electron chi connectivity index (χ0n) is 16.8. The van der Waals surface area contributed by atoms with E-state index >= 15 is 4.39 Å². The van der Waals surface area contributed by atoms with Crippen LogP contribution in [0.5, 0.6) is 5.75 Å². The molecule has 3 rings (SSSR count). The van der Waals surface area contributed by atoms with Gasteiger partial charge in [-0.1, -0.05) is 56.2 Å². The van der Waals surface area contributed by atoms with Crippen LogP contribution in [0.4, 0.5) is 13.2 Å². The molecule has 0 radical (unpaired) electrons. The largest absolute Gasteiger partial charge is 0.490 e. The third kappa shape index (κ3) is 4.64. The number of halogens is 3. The lowest BCUT2D eigenvalue weighted by atomic mass is 9.96. The second-order valence-electron chi connectivity index (χ2n) is 7.05. The van der Waals surface area contributed by atoms with Crippen LogP contribution in [0.15, 0.2) is 54.6 Å². The van der Waals surface area contributed by atoms with E-state index in [9.17, 15) is 8.78 Å². The number of hydrogen-bond acceptors (Lipinski definition) is 1. The van der Waals surface area contributed by atoms with Crippen LogP contribution in [0.25, 0.3) is 21.9 Å². The van der Waals surface area contributed by atoms with Crippen molar-refractivity contribution in [2.24, 2.45) is 0 Å². The molecule has 0 fully saturated rings. The second-order valence-corrected chi connectivity index (χ2v) is 7.05. The van der Waals surface area contributed by atoms with Crippen LogP contribution >= 0.6 is 0 Å². The fourth-order valence-electron chi connectivity index (χ4n) is 3.38. The number of ether oxygens (including phenoxy) is 1. The Labute approximate surface area is 169 Å². The van der Waals surface area contributed by atoms with Crippen molar-refractivity contribution < 1.29 is 17.9 Å². The van der Waals surface area contributed by atoms with E-state index in [0.717, 1.165) is 19.3 Å². The molecular weight excluding hydrogens is 373 g/mol. The van der Waals surface area contributed by atoms with E-state index in [4.69, 9.17) is 4.74 Å². The van der Waals surface area contributed by atoms with Crippen LogP contribution in [0.3, 0.4) is 0 Å². The van der Waals surface area contributed by atoms with Crippen molar-refractivity contribution in [1.29, 1.82) is 0 Å². The molecule has 3 aromatic rings. The Morgan fingerprint density at radius 3 is 2.34 bits per heavy atom. The second kappa shape index (κ2) is 9.64. The molecule has 0 atom stereocenters. The summed E-state index contributed by atoms with van der Waals surface area (Å²) in [6.45, 7) is 4.41. The zero-order chi connectivity index (χ0) is 20.8. The van der Waals surface area contributed by atoms with Gasteiger partial charge in [-0.15, -0.1) is 0 Å². The van der Waals surface area contributed by atoms with Gasteiger partial charge in [-0.05, 0) is 54.5 Å². The lowest BCUT2D eigenvalue weighted by Gasteiger charge is -2.12. The molecule has 0 amide bonds. The summed E-state index contributed by atoms with van der Waals surface area (Å²) in [6, 6.07) is 11.7. The van der Waals surface area contributed by atoms with Gasteiger partial charge < -0.3 is 4.74 Å². The summed E-state index contributed by atoms with van der Waals surface area (Å²) >= 11 is 0. The van der Waals surface area contributed by atoms with Gasteiger partial charge >= 0.3 is 0 Å². The molecule has 29 heavy (non-hydrogen) atoms. The molecule has 0 aliphatic heterocycles. The normalized spacial score (nSPS) is 11.5. The van der Waals surface area contributed by atoms with Crippen molar-refractivity contribution in [3.8, 4) is 16.9 Å². The summed E-state index contributed by atoms with van der Waals surface area (Å²) in [7, 11) is 0. The fraction of sp³-hybridized carbons (Fsp3) is 0.280. The summed E-state index contributed by atoms with van der Waals surface area (Å²) in [6.07, 6.45) is 6.94. The molecule has 0 aliphatic carbocycles. The molecule has 152 valence electrons. The monoisotopic (exact) mass is 398 g/mol. The number of hydrogen-bond donors (Lipinski definition) is 0. The molecule has 0 heterocycles. The first-order valence-electron chi connectivity index (χ1n) is 10.00. The quantitative estimate of drug-likeness (QED) is 0.280. The van der Waals surface area contributed by atoms with E-state index in [1.165, 1.54) is 0 Å². The summed E-state index contributed by atoms with van der Waals surface area (Å²) < 4.78 is 49.9. The SMILES string of the molecule is CC=CCOc1ccc(-c2ccc3cc(CCCCC)c(F)c(F)c3c2F)cc1. The topological polar surface area (TPSA) is 9.23 Å². The van der Waals surface area contributed by atoms with Crippen molar-refractivity contribution in [1.82, 2.24) is 0 Å². The van der Waals surface area contributed by atoms with Crippen LogP contribution in [-0.4, -0.2) is 6.61 Å². The Morgan fingerprint density at radius 1 is 0.897 bits per heavy atom. The van der Waals surface area contributed by atoms with E-state index in [1.807, 2.05) is 19.1 Å². The number of unbranched alkanes of at least 4 members (excludes halogenated alkanes) is 2. The molecule has 0 spiro atoms. The zero-order valence-corrected chi connectivity index (χ0v) is 16.8. The third-order valence-electron chi connectivity index (χ3n) is 4.99.